The zero-order valence-electron chi connectivity index (χ0n) is 21.2. The van der Waals surface area contributed by atoms with E-state index in [-0.39, 0.29) is 24.2 Å². The van der Waals surface area contributed by atoms with Gasteiger partial charge >= 0.3 is 12.0 Å². The zero-order chi connectivity index (χ0) is 29.0. The summed E-state index contributed by atoms with van der Waals surface area (Å²) in [5.41, 5.74) is 1.33. The molecular weight excluding hydrogens is 529 g/mol. The number of benzene rings is 3. The van der Waals surface area contributed by atoms with Gasteiger partial charge in [0, 0.05) is 24.3 Å². The molecule has 1 heterocycles. The molecule has 0 radical (unpaired) electrons. The highest BCUT2D eigenvalue weighted by atomic mass is 19.2. The van der Waals surface area contributed by atoms with Gasteiger partial charge in [-0.15, -0.1) is 0 Å². The normalized spacial score (nSPS) is 15.4. The van der Waals surface area contributed by atoms with Crippen molar-refractivity contribution in [3.05, 3.63) is 101 Å². The molecule has 1 aliphatic rings. The molecular formula is C28H25F3N4O5. The molecule has 0 spiro atoms. The summed E-state index contributed by atoms with van der Waals surface area (Å²) in [5.74, 6) is -6.00. The Kier molecular flexibility index (Phi) is 8.37. The minimum absolute atomic E-state index is 0.0920. The summed E-state index contributed by atoms with van der Waals surface area (Å²) in [6.45, 7) is 1.60. The molecule has 208 valence electrons. The van der Waals surface area contributed by atoms with Crippen molar-refractivity contribution < 1.29 is 37.5 Å². The Morgan fingerprint density at radius 3 is 2.27 bits per heavy atom. The van der Waals surface area contributed by atoms with Crippen molar-refractivity contribution in [1.82, 2.24) is 15.1 Å². The SMILES string of the molecule is Cc1cccc(NC(=O)N2CCN(C(=O)c3ccc(F)c(F)c3)C2C(=O)NC(CC(=O)O)c2ccc(F)cc2)c1. The number of aryl methyl sites for hydroxylation is 1. The maximum Gasteiger partial charge on any atom is 0.323 e. The average molecular weight is 555 g/mol. The van der Waals surface area contributed by atoms with Crippen molar-refractivity contribution in [2.45, 2.75) is 25.6 Å². The van der Waals surface area contributed by atoms with E-state index in [1.807, 2.05) is 13.0 Å². The number of carboxylic acids is 1. The second-order valence-electron chi connectivity index (χ2n) is 9.20. The number of anilines is 1. The highest BCUT2D eigenvalue weighted by Gasteiger charge is 2.44. The molecule has 4 rings (SSSR count). The van der Waals surface area contributed by atoms with Gasteiger partial charge < -0.3 is 20.6 Å². The predicted molar refractivity (Wildman–Crippen MR) is 138 cm³/mol. The topological polar surface area (TPSA) is 119 Å². The van der Waals surface area contributed by atoms with Crippen LogP contribution in [0.25, 0.3) is 0 Å². The molecule has 3 aromatic rings. The molecule has 3 N–H and O–H groups in total. The van der Waals surface area contributed by atoms with Crippen LogP contribution >= 0.6 is 0 Å². The van der Waals surface area contributed by atoms with E-state index in [2.05, 4.69) is 10.6 Å². The van der Waals surface area contributed by atoms with Crippen LogP contribution in [-0.4, -0.2) is 58.0 Å². The summed E-state index contributed by atoms with van der Waals surface area (Å²) >= 11 is 0. The number of nitrogens with one attached hydrogen (secondary N) is 2. The maximum atomic E-state index is 13.9. The molecule has 1 fully saturated rings. The first-order chi connectivity index (χ1) is 19.0. The van der Waals surface area contributed by atoms with Crippen molar-refractivity contribution in [2.75, 3.05) is 18.4 Å². The molecule has 0 aliphatic carbocycles. The molecule has 1 saturated heterocycles. The zero-order valence-corrected chi connectivity index (χ0v) is 21.2. The molecule has 40 heavy (non-hydrogen) atoms. The van der Waals surface area contributed by atoms with Crippen molar-refractivity contribution in [3.8, 4) is 0 Å². The number of carboxylic acid groups (broad SMARTS) is 1. The second-order valence-corrected chi connectivity index (χ2v) is 9.20. The largest absolute Gasteiger partial charge is 0.481 e. The first kappa shape index (κ1) is 28.1. The number of carbonyl (C=O) groups is 4. The number of nitrogens with zero attached hydrogens (tertiary/aromatic N) is 2. The summed E-state index contributed by atoms with van der Waals surface area (Å²) in [5, 5.41) is 14.6. The molecule has 0 saturated carbocycles. The lowest BCUT2D eigenvalue weighted by molar-refractivity contribution is -0.138. The summed E-state index contributed by atoms with van der Waals surface area (Å²) in [7, 11) is 0. The average Bonchev–Trinajstić information content (AvgIpc) is 3.35. The number of hydrogen-bond acceptors (Lipinski definition) is 4. The smallest absolute Gasteiger partial charge is 0.323 e. The Hall–Kier alpha value is -4.87. The molecule has 9 nitrogen and oxygen atoms in total. The molecule has 0 bridgehead atoms. The van der Waals surface area contributed by atoms with Crippen LogP contribution in [0.1, 0.15) is 33.9 Å². The van der Waals surface area contributed by atoms with Crippen molar-refractivity contribution in [1.29, 1.82) is 0 Å². The van der Waals surface area contributed by atoms with Gasteiger partial charge in [-0.05, 0) is 60.5 Å². The van der Waals surface area contributed by atoms with Crippen LogP contribution in [0.4, 0.5) is 23.7 Å². The monoisotopic (exact) mass is 554 g/mol. The number of urea groups is 1. The number of amides is 4. The summed E-state index contributed by atoms with van der Waals surface area (Å²) in [6.07, 6.45) is -2.14. The van der Waals surface area contributed by atoms with E-state index >= 15 is 0 Å². The minimum Gasteiger partial charge on any atom is -0.481 e. The van der Waals surface area contributed by atoms with E-state index in [9.17, 15) is 37.5 Å². The third-order valence-corrected chi connectivity index (χ3v) is 6.33. The highest BCUT2D eigenvalue weighted by Crippen LogP contribution is 2.24. The molecule has 2 atom stereocenters. The molecule has 3 aromatic carbocycles. The predicted octanol–water partition coefficient (Wildman–Crippen LogP) is 4.06. The van der Waals surface area contributed by atoms with Crippen LogP contribution < -0.4 is 10.6 Å². The van der Waals surface area contributed by atoms with E-state index in [0.717, 1.165) is 39.6 Å². The number of carbonyl (C=O) groups excluding carboxylic acids is 3. The van der Waals surface area contributed by atoms with Gasteiger partial charge in [0.1, 0.15) is 5.82 Å². The minimum atomic E-state index is -1.57. The van der Waals surface area contributed by atoms with Gasteiger partial charge in [0.2, 0.25) is 0 Å². The highest BCUT2D eigenvalue weighted by molar-refractivity contribution is 6.00. The number of hydrogen-bond donors (Lipinski definition) is 3. The first-order valence-corrected chi connectivity index (χ1v) is 12.2. The first-order valence-electron chi connectivity index (χ1n) is 12.2. The molecule has 1 aliphatic heterocycles. The maximum absolute atomic E-state index is 13.9. The molecule has 0 aromatic heterocycles. The third-order valence-electron chi connectivity index (χ3n) is 6.33. The quantitative estimate of drug-likeness (QED) is 0.407. The standard InChI is InChI=1S/C28H25F3N4O5/c1-16-3-2-4-20(13-16)32-28(40)35-12-11-34(27(39)18-7-10-21(30)22(31)14-18)26(35)25(38)33-23(15-24(36)37)17-5-8-19(29)9-6-17/h2-10,13-14,23,26H,11-12,15H2,1H3,(H,32,40)(H,33,38)(H,36,37). The van der Waals surface area contributed by atoms with Crippen molar-refractivity contribution in [3.63, 3.8) is 0 Å². The Labute approximate surface area is 227 Å². The van der Waals surface area contributed by atoms with E-state index in [1.54, 1.807) is 18.2 Å². The molecule has 12 heteroatoms. The second kappa shape index (κ2) is 11.9. The summed E-state index contributed by atoms with van der Waals surface area (Å²) in [4.78, 5) is 53.9. The van der Waals surface area contributed by atoms with Gasteiger partial charge in [0.05, 0.1) is 12.5 Å². The van der Waals surface area contributed by atoms with Crippen LogP contribution in [-0.2, 0) is 9.59 Å². The van der Waals surface area contributed by atoms with Gasteiger partial charge in [-0.2, -0.15) is 0 Å². The number of halogens is 3. The van der Waals surface area contributed by atoms with Gasteiger partial charge in [0.25, 0.3) is 11.8 Å². The third kappa shape index (κ3) is 6.40. The van der Waals surface area contributed by atoms with Crippen LogP contribution in [0.3, 0.4) is 0 Å². The van der Waals surface area contributed by atoms with E-state index in [4.69, 9.17) is 0 Å². The fraction of sp³-hybridized carbons (Fsp3) is 0.214. The molecule has 4 amide bonds. The van der Waals surface area contributed by atoms with Crippen LogP contribution in [0.5, 0.6) is 0 Å². The Balaban J connectivity index is 1.66. The lowest BCUT2D eigenvalue weighted by atomic mass is 10.0. The fourth-order valence-electron chi connectivity index (χ4n) is 4.42. The lowest BCUT2D eigenvalue weighted by Gasteiger charge is -2.31. The molecule has 2 unspecified atom stereocenters. The lowest BCUT2D eigenvalue weighted by Crippen LogP contribution is -2.55. The van der Waals surface area contributed by atoms with Crippen LogP contribution in [0.15, 0.2) is 66.7 Å². The Bertz CT molecular complexity index is 1450. The summed E-state index contributed by atoms with van der Waals surface area (Å²) in [6, 6.07) is 12.4. The number of aliphatic carboxylic acids is 1. The van der Waals surface area contributed by atoms with E-state index < -0.39 is 59.9 Å². The van der Waals surface area contributed by atoms with Gasteiger partial charge in [-0.25, -0.2) is 18.0 Å². The Morgan fingerprint density at radius 1 is 0.925 bits per heavy atom. The summed E-state index contributed by atoms with van der Waals surface area (Å²) < 4.78 is 40.8. The van der Waals surface area contributed by atoms with E-state index in [0.29, 0.717) is 11.8 Å². The van der Waals surface area contributed by atoms with Gasteiger partial charge in [0.15, 0.2) is 17.8 Å². The van der Waals surface area contributed by atoms with Gasteiger partial charge in [-0.1, -0.05) is 24.3 Å². The number of rotatable bonds is 7. The fourth-order valence-corrected chi connectivity index (χ4v) is 4.42. The van der Waals surface area contributed by atoms with Crippen LogP contribution in [0.2, 0.25) is 0 Å². The van der Waals surface area contributed by atoms with Crippen LogP contribution in [0, 0.1) is 24.4 Å². The van der Waals surface area contributed by atoms with E-state index in [1.165, 1.54) is 12.1 Å². The van der Waals surface area contributed by atoms with Crippen molar-refractivity contribution in [2.24, 2.45) is 0 Å². The van der Waals surface area contributed by atoms with Crippen molar-refractivity contribution >= 4 is 29.5 Å². The van der Waals surface area contributed by atoms with Gasteiger partial charge in [-0.3, -0.25) is 19.3 Å². The Morgan fingerprint density at radius 2 is 1.62 bits per heavy atom.